The van der Waals surface area contributed by atoms with Crippen LogP contribution in [0.1, 0.15) is 24.8 Å². The van der Waals surface area contributed by atoms with Gasteiger partial charge in [-0.1, -0.05) is 0 Å². The van der Waals surface area contributed by atoms with Crippen molar-refractivity contribution in [3.8, 4) is 0 Å². The summed E-state index contributed by atoms with van der Waals surface area (Å²) in [7, 11) is 0. The van der Waals surface area contributed by atoms with Crippen molar-refractivity contribution in [1.82, 2.24) is 14.9 Å². The molecule has 116 valence electrons. The van der Waals surface area contributed by atoms with Gasteiger partial charge in [-0.05, 0) is 55.6 Å². The van der Waals surface area contributed by atoms with Crippen LogP contribution in [0.4, 0.5) is 11.5 Å². The largest absolute Gasteiger partial charge is 0.384 e. The molecule has 0 unspecified atom stereocenters. The molecule has 5 heteroatoms. The molecule has 22 heavy (non-hydrogen) atoms. The molecule has 3 heterocycles. The fraction of sp³-hybridized carbons (Fsp3) is 0.412. The minimum absolute atomic E-state index is 0.507. The van der Waals surface area contributed by atoms with E-state index in [2.05, 4.69) is 32.3 Å². The van der Waals surface area contributed by atoms with Gasteiger partial charge in [0.2, 0.25) is 0 Å². The summed E-state index contributed by atoms with van der Waals surface area (Å²) >= 11 is 0. The number of hydrogen-bond donors (Lipinski definition) is 2. The normalized spacial score (nSPS) is 19.5. The second-order valence-corrected chi connectivity index (χ2v) is 5.88. The minimum Gasteiger partial charge on any atom is -0.384 e. The van der Waals surface area contributed by atoms with Crippen LogP contribution in [0.5, 0.6) is 0 Å². The maximum absolute atomic E-state index is 5.63. The van der Waals surface area contributed by atoms with Crippen LogP contribution in [-0.4, -0.2) is 34.0 Å². The van der Waals surface area contributed by atoms with Gasteiger partial charge >= 0.3 is 0 Å². The molecular weight excluding hydrogens is 274 g/mol. The highest BCUT2D eigenvalue weighted by atomic mass is 15.1. The third-order valence-electron chi connectivity index (χ3n) is 4.13. The maximum atomic E-state index is 5.63. The van der Waals surface area contributed by atoms with E-state index in [9.17, 15) is 0 Å². The summed E-state index contributed by atoms with van der Waals surface area (Å²) in [4.78, 5) is 10.7. The lowest BCUT2D eigenvalue weighted by Crippen LogP contribution is -2.26. The Morgan fingerprint density at radius 1 is 1.14 bits per heavy atom. The molecule has 0 aromatic carbocycles. The van der Waals surface area contributed by atoms with Crippen LogP contribution in [0.15, 0.2) is 42.9 Å². The molecule has 1 saturated heterocycles. The SMILES string of the molecule is Nc1ccc(N[C@@H]2CCCN(Cc3ccncc3)CC2)cn1. The van der Waals surface area contributed by atoms with E-state index >= 15 is 0 Å². The quantitative estimate of drug-likeness (QED) is 0.907. The minimum atomic E-state index is 0.507. The van der Waals surface area contributed by atoms with Crippen molar-refractivity contribution in [3.63, 3.8) is 0 Å². The highest BCUT2D eigenvalue weighted by Crippen LogP contribution is 2.18. The van der Waals surface area contributed by atoms with Gasteiger partial charge in [0, 0.05) is 31.5 Å². The first-order chi connectivity index (χ1) is 10.8. The fourth-order valence-corrected chi connectivity index (χ4v) is 2.93. The topological polar surface area (TPSA) is 67.1 Å². The zero-order valence-electron chi connectivity index (χ0n) is 12.8. The van der Waals surface area contributed by atoms with Gasteiger partial charge in [0.25, 0.3) is 0 Å². The first-order valence-corrected chi connectivity index (χ1v) is 7.89. The van der Waals surface area contributed by atoms with Crippen molar-refractivity contribution in [1.29, 1.82) is 0 Å². The smallest absolute Gasteiger partial charge is 0.123 e. The van der Waals surface area contributed by atoms with Crippen molar-refractivity contribution in [2.75, 3.05) is 24.1 Å². The first-order valence-electron chi connectivity index (χ1n) is 7.89. The number of likely N-dealkylation sites (tertiary alicyclic amines) is 1. The Labute approximate surface area is 131 Å². The summed E-state index contributed by atoms with van der Waals surface area (Å²) in [5.41, 5.74) is 8.02. The Kier molecular flexibility index (Phi) is 4.85. The average molecular weight is 297 g/mol. The Balaban J connectivity index is 1.52. The van der Waals surface area contributed by atoms with Crippen LogP contribution in [0.25, 0.3) is 0 Å². The van der Waals surface area contributed by atoms with Gasteiger partial charge in [-0.3, -0.25) is 9.88 Å². The number of nitrogens with one attached hydrogen (secondary N) is 1. The third-order valence-corrected chi connectivity index (χ3v) is 4.13. The standard InChI is InChI=1S/C17H23N5/c18-17-4-3-16(12-20-17)21-15-2-1-10-22(11-7-15)13-14-5-8-19-9-6-14/h3-6,8-9,12,15,21H,1-2,7,10-11,13H2,(H2,18,20)/t15-/m1/s1. The van der Waals surface area contributed by atoms with Gasteiger partial charge in [0.15, 0.2) is 0 Å². The molecule has 1 aliphatic rings. The van der Waals surface area contributed by atoms with E-state index < -0.39 is 0 Å². The van der Waals surface area contributed by atoms with Crippen LogP contribution >= 0.6 is 0 Å². The lowest BCUT2D eigenvalue weighted by molar-refractivity contribution is 0.276. The predicted molar refractivity (Wildman–Crippen MR) is 89.4 cm³/mol. The van der Waals surface area contributed by atoms with Gasteiger partial charge < -0.3 is 11.1 Å². The molecule has 1 aliphatic heterocycles. The van der Waals surface area contributed by atoms with E-state index in [1.165, 1.54) is 18.4 Å². The average Bonchev–Trinajstić information content (AvgIpc) is 2.76. The second kappa shape index (κ2) is 7.22. The molecule has 0 radical (unpaired) electrons. The highest BCUT2D eigenvalue weighted by molar-refractivity contribution is 5.45. The van der Waals surface area contributed by atoms with Gasteiger partial charge in [-0.25, -0.2) is 4.98 Å². The van der Waals surface area contributed by atoms with Crippen LogP contribution in [0.3, 0.4) is 0 Å². The molecule has 0 amide bonds. The first kappa shape index (κ1) is 14.8. The predicted octanol–water partition coefficient (Wildman–Crippen LogP) is 2.53. The van der Waals surface area contributed by atoms with Crippen molar-refractivity contribution in [2.45, 2.75) is 31.8 Å². The molecule has 0 bridgehead atoms. The van der Waals surface area contributed by atoms with Crippen LogP contribution in [0, 0.1) is 0 Å². The molecule has 1 fully saturated rings. The Bertz CT molecular complexity index is 569. The second-order valence-electron chi connectivity index (χ2n) is 5.88. The molecule has 0 saturated carbocycles. The number of nitrogens with zero attached hydrogens (tertiary/aromatic N) is 3. The zero-order valence-corrected chi connectivity index (χ0v) is 12.8. The summed E-state index contributed by atoms with van der Waals surface area (Å²) < 4.78 is 0. The van der Waals surface area contributed by atoms with E-state index in [1.54, 1.807) is 0 Å². The van der Waals surface area contributed by atoms with Gasteiger partial charge in [-0.2, -0.15) is 0 Å². The van der Waals surface area contributed by atoms with Crippen molar-refractivity contribution < 1.29 is 0 Å². The summed E-state index contributed by atoms with van der Waals surface area (Å²) in [6, 6.07) is 8.55. The monoisotopic (exact) mass is 297 g/mol. The van der Waals surface area contributed by atoms with Crippen molar-refractivity contribution >= 4 is 11.5 Å². The van der Waals surface area contributed by atoms with Crippen molar-refractivity contribution in [3.05, 3.63) is 48.4 Å². The Hall–Kier alpha value is -2.14. The third kappa shape index (κ3) is 4.18. The van der Waals surface area contributed by atoms with E-state index in [1.807, 2.05) is 30.7 Å². The van der Waals surface area contributed by atoms with E-state index in [0.717, 1.165) is 31.7 Å². The van der Waals surface area contributed by atoms with Crippen LogP contribution in [-0.2, 0) is 6.54 Å². The summed E-state index contributed by atoms with van der Waals surface area (Å²) in [6.07, 6.45) is 9.10. The molecular formula is C17H23N5. The lowest BCUT2D eigenvalue weighted by Gasteiger charge is -2.20. The number of nitrogens with two attached hydrogens (primary N) is 1. The van der Waals surface area contributed by atoms with Crippen molar-refractivity contribution in [2.24, 2.45) is 0 Å². The molecule has 3 N–H and O–H groups in total. The van der Waals surface area contributed by atoms with E-state index in [0.29, 0.717) is 11.9 Å². The number of pyridine rings is 2. The molecule has 0 aliphatic carbocycles. The Morgan fingerprint density at radius 2 is 2.00 bits per heavy atom. The summed E-state index contributed by atoms with van der Waals surface area (Å²) in [6.45, 7) is 3.28. The molecule has 2 aromatic rings. The fourth-order valence-electron chi connectivity index (χ4n) is 2.93. The lowest BCUT2D eigenvalue weighted by atomic mass is 10.1. The molecule has 3 rings (SSSR count). The van der Waals surface area contributed by atoms with E-state index in [-0.39, 0.29) is 0 Å². The summed E-state index contributed by atoms with van der Waals surface area (Å²) in [5.74, 6) is 0.565. The maximum Gasteiger partial charge on any atom is 0.123 e. The van der Waals surface area contributed by atoms with E-state index in [4.69, 9.17) is 5.73 Å². The summed E-state index contributed by atoms with van der Waals surface area (Å²) in [5, 5.41) is 3.58. The molecule has 0 spiro atoms. The van der Waals surface area contributed by atoms with Gasteiger partial charge in [0.05, 0.1) is 11.9 Å². The highest BCUT2D eigenvalue weighted by Gasteiger charge is 2.17. The molecule has 1 atom stereocenters. The number of rotatable bonds is 4. The van der Waals surface area contributed by atoms with Crippen LogP contribution < -0.4 is 11.1 Å². The Morgan fingerprint density at radius 3 is 2.77 bits per heavy atom. The number of aromatic nitrogens is 2. The van der Waals surface area contributed by atoms with Crippen LogP contribution in [0.2, 0.25) is 0 Å². The number of nitrogen functional groups attached to an aromatic ring is 1. The number of anilines is 2. The van der Waals surface area contributed by atoms with Gasteiger partial charge in [0.1, 0.15) is 5.82 Å². The van der Waals surface area contributed by atoms with Gasteiger partial charge in [-0.15, -0.1) is 0 Å². The number of hydrogen-bond acceptors (Lipinski definition) is 5. The molecule has 5 nitrogen and oxygen atoms in total. The molecule has 2 aromatic heterocycles. The zero-order chi connectivity index (χ0) is 15.2.